The molecule has 0 saturated carbocycles. The highest BCUT2D eigenvalue weighted by atomic mass is 16.5. The van der Waals surface area contributed by atoms with Crippen LogP contribution < -0.4 is 0 Å². The van der Waals surface area contributed by atoms with Gasteiger partial charge >= 0.3 is 0 Å². The Morgan fingerprint density at radius 1 is 1.38 bits per heavy atom. The first-order valence-corrected chi connectivity index (χ1v) is 6.54. The molecule has 94 valence electrons. The Labute approximate surface area is 98.8 Å². The number of ether oxygens (including phenoxy) is 1. The van der Waals surface area contributed by atoms with Crippen molar-refractivity contribution in [2.75, 3.05) is 19.7 Å². The highest BCUT2D eigenvalue weighted by molar-refractivity contribution is 4.89. The van der Waals surface area contributed by atoms with E-state index >= 15 is 0 Å². The van der Waals surface area contributed by atoms with Crippen molar-refractivity contribution >= 4 is 0 Å². The Balaban J connectivity index is 1.86. The highest BCUT2D eigenvalue weighted by Crippen LogP contribution is 2.32. The molecule has 0 radical (unpaired) electrons. The molecule has 3 atom stereocenters. The van der Waals surface area contributed by atoms with E-state index in [1.165, 1.54) is 6.42 Å². The second-order valence-corrected chi connectivity index (χ2v) is 6.05. The van der Waals surface area contributed by atoms with Gasteiger partial charge in [-0.2, -0.15) is 0 Å². The molecule has 16 heavy (non-hydrogen) atoms. The molecule has 0 amide bonds. The van der Waals surface area contributed by atoms with Gasteiger partial charge in [0.1, 0.15) is 0 Å². The zero-order valence-electron chi connectivity index (χ0n) is 10.8. The van der Waals surface area contributed by atoms with E-state index in [0.29, 0.717) is 18.1 Å². The number of hydrogen-bond donors (Lipinski definition) is 1. The van der Waals surface area contributed by atoms with E-state index in [-0.39, 0.29) is 12.2 Å². The molecule has 2 aliphatic rings. The van der Waals surface area contributed by atoms with Crippen LogP contribution in [-0.4, -0.2) is 47.4 Å². The number of likely N-dealkylation sites (tertiary alicyclic amines) is 1. The van der Waals surface area contributed by atoms with Gasteiger partial charge in [-0.25, -0.2) is 0 Å². The lowest BCUT2D eigenvalue weighted by Crippen LogP contribution is -2.40. The lowest BCUT2D eigenvalue weighted by atomic mass is 10.0. The van der Waals surface area contributed by atoms with Gasteiger partial charge in [0, 0.05) is 12.6 Å². The third kappa shape index (κ3) is 2.58. The molecule has 2 heterocycles. The summed E-state index contributed by atoms with van der Waals surface area (Å²) in [6, 6.07) is 0.354. The normalized spacial score (nSPS) is 39.4. The largest absolute Gasteiger partial charge is 0.395 e. The average molecular weight is 227 g/mol. The van der Waals surface area contributed by atoms with Crippen LogP contribution in [0.4, 0.5) is 0 Å². The van der Waals surface area contributed by atoms with Crippen LogP contribution in [0.25, 0.3) is 0 Å². The van der Waals surface area contributed by atoms with Crippen molar-refractivity contribution in [1.82, 2.24) is 4.90 Å². The molecule has 0 aliphatic carbocycles. The molecule has 0 aromatic heterocycles. The van der Waals surface area contributed by atoms with E-state index < -0.39 is 0 Å². The third-order valence-corrected chi connectivity index (χ3v) is 4.18. The Bertz CT molecular complexity index is 242. The minimum atomic E-state index is 0.0602. The minimum absolute atomic E-state index is 0.0602. The number of aliphatic hydroxyl groups excluding tert-OH is 1. The topological polar surface area (TPSA) is 32.7 Å². The maximum atomic E-state index is 9.40. The molecule has 0 bridgehead atoms. The van der Waals surface area contributed by atoms with Crippen LogP contribution in [0.15, 0.2) is 0 Å². The molecule has 2 fully saturated rings. The molecule has 2 saturated heterocycles. The zero-order valence-corrected chi connectivity index (χ0v) is 10.8. The highest BCUT2D eigenvalue weighted by Gasteiger charge is 2.36. The summed E-state index contributed by atoms with van der Waals surface area (Å²) >= 11 is 0. The maximum Gasteiger partial charge on any atom is 0.0710 e. The van der Waals surface area contributed by atoms with E-state index in [0.717, 1.165) is 25.9 Å². The summed E-state index contributed by atoms with van der Waals surface area (Å²) in [5.74, 6) is 0.624. The summed E-state index contributed by atoms with van der Waals surface area (Å²) in [6.45, 7) is 8.98. The number of rotatable bonds is 3. The van der Waals surface area contributed by atoms with Crippen LogP contribution in [0.5, 0.6) is 0 Å². The number of aliphatic hydroxyl groups is 1. The maximum absolute atomic E-state index is 9.40. The molecular weight excluding hydrogens is 202 g/mol. The third-order valence-electron chi connectivity index (χ3n) is 4.18. The van der Waals surface area contributed by atoms with Crippen molar-refractivity contribution in [2.24, 2.45) is 5.92 Å². The minimum Gasteiger partial charge on any atom is -0.395 e. The molecule has 1 N–H and O–H groups in total. The lowest BCUT2D eigenvalue weighted by molar-refractivity contribution is -0.0333. The first kappa shape index (κ1) is 12.3. The summed E-state index contributed by atoms with van der Waals surface area (Å²) in [5, 5.41) is 9.40. The first-order chi connectivity index (χ1) is 7.52. The summed E-state index contributed by atoms with van der Waals surface area (Å²) in [4.78, 5) is 2.41. The lowest BCUT2D eigenvalue weighted by Gasteiger charge is -2.28. The second kappa shape index (κ2) is 4.63. The number of hydrogen-bond acceptors (Lipinski definition) is 3. The molecule has 0 spiro atoms. The van der Waals surface area contributed by atoms with Gasteiger partial charge in [0.05, 0.1) is 18.3 Å². The van der Waals surface area contributed by atoms with Gasteiger partial charge in [0.15, 0.2) is 0 Å². The summed E-state index contributed by atoms with van der Waals surface area (Å²) in [6.07, 6.45) is 3.90. The van der Waals surface area contributed by atoms with Gasteiger partial charge in [-0.15, -0.1) is 0 Å². The Morgan fingerprint density at radius 3 is 2.69 bits per heavy atom. The fraction of sp³-hybridized carbons (Fsp3) is 1.00. The van der Waals surface area contributed by atoms with Crippen molar-refractivity contribution in [3.8, 4) is 0 Å². The zero-order chi connectivity index (χ0) is 11.8. The fourth-order valence-electron chi connectivity index (χ4n) is 3.08. The van der Waals surface area contributed by atoms with Gasteiger partial charge in [-0.3, -0.25) is 4.90 Å². The molecule has 3 nitrogen and oxygen atoms in total. The molecule has 2 rings (SSSR count). The van der Waals surface area contributed by atoms with Gasteiger partial charge in [-0.1, -0.05) is 6.92 Å². The van der Waals surface area contributed by atoms with E-state index in [1.807, 2.05) is 0 Å². The van der Waals surface area contributed by atoms with Gasteiger partial charge in [-0.05, 0) is 45.6 Å². The van der Waals surface area contributed by atoms with E-state index in [1.54, 1.807) is 0 Å². The SMILES string of the molecule is CC1CCN(CC2CCC(C)(C)O2)C1CO. The molecule has 3 heteroatoms. The van der Waals surface area contributed by atoms with Crippen molar-refractivity contribution in [3.05, 3.63) is 0 Å². The van der Waals surface area contributed by atoms with Crippen LogP contribution in [-0.2, 0) is 4.74 Å². The quantitative estimate of drug-likeness (QED) is 0.795. The standard InChI is InChI=1S/C13H25NO2/c1-10-5-7-14(12(10)9-15)8-11-4-6-13(2,3)16-11/h10-12,15H,4-9H2,1-3H3. The van der Waals surface area contributed by atoms with Crippen molar-refractivity contribution in [2.45, 2.75) is 57.8 Å². The average Bonchev–Trinajstić information content (AvgIpc) is 2.71. The Morgan fingerprint density at radius 2 is 2.12 bits per heavy atom. The van der Waals surface area contributed by atoms with E-state index in [2.05, 4.69) is 25.7 Å². The molecule has 0 aromatic carbocycles. The summed E-state index contributed by atoms with van der Waals surface area (Å²) in [7, 11) is 0. The van der Waals surface area contributed by atoms with Crippen molar-refractivity contribution in [3.63, 3.8) is 0 Å². The monoisotopic (exact) mass is 227 g/mol. The van der Waals surface area contributed by atoms with Crippen LogP contribution in [0, 0.1) is 5.92 Å². The van der Waals surface area contributed by atoms with Gasteiger partial charge in [0.25, 0.3) is 0 Å². The molecule has 0 aromatic rings. The van der Waals surface area contributed by atoms with E-state index in [4.69, 9.17) is 4.74 Å². The van der Waals surface area contributed by atoms with Crippen LogP contribution in [0.2, 0.25) is 0 Å². The van der Waals surface area contributed by atoms with E-state index in [9.17, 15) is 5.11 Å². The van der Waals surface area contributed by atoms with Crippen LogP contribution in [0.3, 0.4) is 0 Å². The van der Waals surface area contributed by atoms with Crippen molar-refractivity contribution in [1.29, 1.82) is 0 Å². The predicted octanol–water partition coefficient (Wildman–Crippen LogP) is 1.65. The van der Waals surface area contributed by atoms with Gasteiger partial charge < -0.3 is 9.84 Å². The molecule has 2 aliphatic heterocycles. The predicted molar refractivity (Wildman–Crippen MR) is 64.4 cm³/mol. The fourth-order valence-corrected chi connectivity index (χ4v) is 3.08. The number of nitrogens with zero attached hydrogens (tertiary/aromatic N) is 1. The first-order valence-electron chi connectivity index (χ1n) is 6.54. The van der Waals surface area contributed by atoms with Crippen LogP contribution in [0.1, 0.15) is 40.0 Å². The Kier molecular flexibility index (Phi) is 3.57. The van der Waals surface area contributed by atoms with Gasteiger partial charge in [0.2, 0.25) is 0 Å². The summed E-state index contributed by atoms with van der Waals surface area (Å²) in [5.41, 5.74) is 0.0602. The van der Waals surface area contributed by atoms with Crippen molar-refractivity contribution < 1.29 is 9.84 Å². The molecule has 3 unspecified atom stereocenters. The second-order valence-electron chi connectivity index (χ2n) is 6.05. The summed E-state index contributed by atoms with van der Waals surface area (Å²) < 4.78 is 6.02. The Hall–Kier alpha value is -0.120. The van der Waals surface area contributed by atoms with Crippen LogP contribution >= 0.6 is 0 Å². The molecular formula is C13H25NO2. The smallest absolute Gasteiger partial charge is 0.0710 e.